The molecule has 182 valence electrons. The van der Waals surface area contributed by atoms with E-state index in [1.54, 1.807) is 6.92 Å². The first kappa shape index (κ1) is 23.2. The highest BCUT2D eigenvalue weighted by molar-refractivity contribution is 5.94. The van der Waals surface area contributed by atoms with Crippen molar-refractivity contribution in [2.75, 3.05) is 41.0 Å². The van der Waals surface area contributed by atoms with Crippen LogP contribution in [0.5, 0.6) is 0 Å². The van der Waals surface area contributed by atoms with Crippen LogP contribution in [0.4, 0.5) is 22.7 Å². The van der Waals surface area contributed by atoms with Gasteiger partial charge in [-0.05, 0) is 85.0 Å². The van der Waals surface area contributed by atoms with Gasteiger partial charge in [0.05, 0.1) is 12.6 Å². The number of fused-ring (bicyclic) bond motifs is 1. The third kappa shape index (κ3) is 5.13. The monoisotopic (exact) mass is 470 g/mol. The number of benzene rings is 3. The number of nitrogens with one attached hydrogen (secondary N) is 2. The number of nitrogen functional groups attached to an aromatic ring is 1. The van der Waals surface area contributed by atoms with Crippen LogP contribution in [-0.2, 0) is 9.53 Å². The number of hydrogen-bond donors (Lipinski definition) is 3. The van der Waals surface area contributed by atoms with Crippen LogP contribution in [0.25, 0.3) is 11.1 Å². The van der Waals surface area contributed by atoms with E-state index in [0.29, 0.717) is 5.92 Å². The van der Waals surface area contributed by atoms with Crippen molar-refractivity contribution in [3.8, 4) is 11.1 Å². The van der Waals surface area contributed by atoms with Crippen molar-refractivity contribution in [3.05, 3.63) is 72.3 Å². The minimum absolute atomic E-state index is 0.0690. The van der Waals surface area contributed by atoms with Gasteiger partial charge < -0.3 is 26.0 Å². The molecule has 0 saturated carbocycles. The summed E-state index contributed by atoms with van der Waals surface area (Å²) in [6, 6.07) is 23.0. The first-order valence-corrected chi connectivity index (χ1v) is 12.5. The van der Waals surface area contributed by atoms with Crippen molar-refractivity contribution < 1.29 is 9.53 Å². The van der Waals surface area contributed by atoms with Crippen LogP contribution in [0.3, 0.4) is 0 Å². The van der Waals surface area contributed by atoms with Crippen molar-refractivity contribution in [2.24, 2.45) is 5.92 Å². The second-order valence-electron chi connectivity index (χ2n) is 9.76. The minimum atomic E-state index is 0.0690. The average Bonchev–Trinajstić information content (AvgIpc) is 3.38. The summed E-state index contributed by atoms with van der Waals surface area (Å²) in [5.74, 6) is 0.640. The number of carbonyl (C=O) groups excluding carboxylic acids is 1. The van der Waals surface area contributed by atoms with E-state index in [2.05, 4.69) is 60.0 Å². The molecule has 2 aliphatic rings. The Morgan fingerprint density at radius 1 is 1.06 bits per heavy atom. The Bertz CT molecular complexity index is 1190. The van der Waals surface area contributed by atoms with Gasteiger partial charge in [-0.25, -0.2) is 0 Å². The highest BCUT2D eigenvalue weighted by Crippen LogP contribution is 2.41. The largest absolute Gasteiger partial charge is 0.399 e. The maximum Gasteiger partial charge on any atom is 0.224 e. The van der Waals surface area contributed by atoms with Crippen molar-refractivity contribution >= 4 is 28.7 Å². The number of nitrogens with two attached hydrogens (primary N) is 1. The summed E-state index contributed by atoms with van der Waals surface area (Å²) in [5.41, 5.74) is 13.2. The Balaban J connectivity index is 1.45. The highest BCUT2D eigenvalue weighted by Gasteiger charge is 2.32. The Morgan fingerprint density at radius 2 is 1.86 bits per heavy atom. The molecule has 1 amide bonds. The first-order valence-electron chi connectivity index (χ1n) is 12.5. The average molecular weight is 471 g/mol. The van der Waals surface area contributed by atoms with Gasteiger partial charge in [-0.1, -0.05) is 18.2 Å². The number of amides is 1. The molecule has 0 aliphatic carbocycles. The molecule has 5 rings (SSSR count). The van der Waals surface area contributed by atoms with E-state index < -0.39 is 0 Å². The Labute approximate surface area is 207 Å². The lowest BCUT2D eigenvalue weighted by atomic mass is 9.88. The maximum atomic E-state index is 12.5. The molecular formula is C29H34N4O2. The fraction of sp³-hybridized carbons (Fsp3) is 0.345. The number of anilines is 4. The molecule has 35 heavy (non-hydrogen) atoms. The van der Waals surface area contributed by atoms with Gasteiger partial charge in [0.2, 0.25) is 5.91 Å². The lowest BCUT2D eigenvalue weighted by Gasteiger charge is -2.39. The van der Waals surface area contributed by atoms with Crippen molar-refractivity contribution in [3.63, 3.8) is 0 Å². The summed E-state index contributed by atoms with van der Waals surface area (Å²) >= 11 is 0. The third-order valence-corrected chi connectivity index (χ3v) is 7.09. The molecule has 3 aromatic carbocycles. The first-order chi connectivity index (χ1) is 17.0. The van der Waals surface area contributed by atoms with Gasteiger partial charge in [-0.3, -0.25) is 4.79 Å². The van der Waals surface area contributed by atoms with Crippen LogP contribution in [0.1, 0.15) is 38.3 Å². The molecular weight excluding hydrogens is 436 g/mol. The molecule has 0 aromatic heterocycles. The molecule has 0 radical (unpaired) electrons. The predicted octanol–water partition coefficient (Wildman–Crippen LogP) is 5.68. The van der Waals surface area contributed by atoms with Crippen LogP contribution in [0, 0.1) is 5.92 Å². The molecule has 2 aliphatic heterocycles. The number of ether oxygens (including phenoxy) is 1. The Hall–Kier alpha value is -3.51. The summed E-state index contributed by atoms with van der Waals surface area (Å²) < 4.78 is 5.50. The van der Waals surface area contributed by atoms with Crippen LogP contribution < -0.4 is 21.3 Å². The summed E-state index contributed by atoms with van der Waals surface area (Å²) in [5, 5.41) is 7.26. The highest BCUT2D eigenvalue weighted by atomic mass is 16.5. The van der Waals surface area contributed by atoms with Gasteiger partial charge in [0.1, 0.15) is 0 Å². The topological polar surface area (TPSA) is 79.6 Å². The predicted molar refractivity (Wildman–Crippen MR) is 144 cm³/mol. The van der Waals surface area contributed by atoms with Crippen LogP contribution in [0.2, 0.25) is 0 Å². The fourth-order valence-electron chi connectivity index (χ4n) is 5.26. The third-order valence-electron chi connectivity index (χ3n) is 7.09. The minimum Gasteiger partial charge on any atom is -0.399 e. The molecule has 3 atom stereocenters. The molecule has 2 heterocycles. The molecule has 6 nitrogen and oxygen atoms in total. The van der Waals surface area contributed by atoms with Crippen LogP contribution >= 0.6 is 0 Å². The second-order valence-corrected chi connectivity index (χ2v) is 9.76. The maximum absolute atomic E-state index is 12.5. The lowest BCUT2D eigenvalue weighted by Crippen LogP contribution is -2.43. The summed E-state index contributed by atoms with van der Waals surface area (Å²) in [6.45, 7) is 6.38. The molecule has 1 fully saturated rings. The number of hydrogen-bond acceptors (Lipinski definition) is 5. The van der Waals surface area contributed by atoms with E-state index in [-0.39, 0.29) is 18.0 Å². The Kier molecular flexibility index (Phi) is 6.64. The number of nitrogens with zero attached hydrogens (tertiary/aromatic N) is 1. The lowest BCUT2D eigenvalue weighted by molar-refractivity contribution is -0.117. The quantitative estimate of drug-likeness (QED) is 0.404. The zero-order chi connectivity index (χ0) is 24.4. The van der Waals surface area contributed by atoms with Gasteiger partial charge in [0.25, 0.3) is 0 Å². The van der Waals surface area contributed by atoms with E-state index in [0.717, 1.165) is 72.0 Å². The van der Waals surface area contributed by atoms with Gasteiger partial charge in [0, 0.05) is 54.8 Å². The molecule has 1 unspecified atom stereocenters. The van der Waals surface area contributed by atoms with E-state index in [1.165, 1.54) is 0 Å². The smallest absolute Gasteiger partial charge is 0.224 e. The van der Waals surface area contributed by atoms with Gasteiger partial charge in [0.15, 0.2) is 0 Å². The van der Waals surface area contributed by atoms with Crippen LogP contribution in [-0.4, -0.2) is 31.7 Å². The van der Waals surface area contributed by atoms with E-state index >= 15 is 0 Å². The molecule has 1 saturated heterocycles. The number of rotatable bonds is 6. The van der Waals surface area contributed by atoms with Crippen molar-refractivity contribution in [2.45, 2.75) is 38.8 Å². The zero-order valence-electron chi connectivity index (χ0n) is 20.5. The number of carbonyl (C=O) groups is 1. The van der Waals surface area contributed by atoms with Gasteiger partial charge >= 0.3 is 0 Å². The Morgan fingerprint density at radius 3 is 2.60 bits per heavy atom. The zero-order valence-corrected chi connectivity index (χ0v) is 20.5. The second kappa shape index (κ2) is 10.0. The molecule has 6 heteroatoms. The molecule has 3 aromatic rings. The standard InChI is InChI=1S/C29H34N4O2/c1-19-14-28(32-25-9-7-24(30)8-10-25)27-16-23(6-11-29(27)33(19)20(2)34)22-4-3-5-26(15-22)31-17-21-12-13-35-18-21/h3-11,15-16,19,21,28,31-32H,12-14,17-18,30H2,1-2H3/t19-,21?,28+/m0/s1. The summed E-state index contributed by atoms with van der Waals surface area (Å²) in [7, 11) is 0. The summed E-state index contributed by atoms with van der Waals surface area (Å²) in [6.07, 6.45) is 1.94. The van der Waals surface area contributed by atoms with Gasteiger partial charge in [-0.2, -0.15) is 0 Å². The van der Waals surface area contributed by atoms with E-state index in [1.807, 2.05) is 29.2 Å². The summed E-state index contributed by atoms with van der Waals surface area (Å²) in [4.78, 5) is 14.4. The fourth-order valence-corrected chi connectivity index (χ4v) is 5.26. The van der Waals surface area contributed by atoms with Crippen LogP contribution in [0.15, 0.2) is 66.7 Å². The van der Waals surface area contributed by atoms with E-state index in [4.69, 9.17) is 10.5 Å². The molecule has 0 bridgehead atoms. The molecule has 0 spiro atoms. The SMILES string of the molecule is CC(=O)N1c2ccc(-c3cccc(NCC4CCOC4)c3)cc2[C@H](Nc2ccc(N)cc2)C[C@@H]1C. The normalized spacial score (nSPS) is 21.4. The van der Waals surface area contributed by atoms with Crippen molar-refractivity contribution in [1.82, 2.24) is 0 Å². The van der Waals surface area contributed by atoms with Crippen molar-refractivity contribution in [1.29, 1.82) is 0 Å². The van der Waals surface area contributed by atoms with Gasteiger partial charge in [-0.15, -0.1) is 0 Å². The molecule has 4 N–H and O–H groups in total. The van der Waals surface area contributed by atoms with E-state index in [9.17, 15) is 4.79 Å².